The van der Waals surface area contributed by atoms with E-state index < -0.39 is 0 Å². The van der Waals surface area contributed by atoms with Crippen molar-refractivity contribution in [3.8, 4) is 0 Å². The molecule has 0 aromatic heterocycles. The van der Waals surface area contributed by atoms with Crippen LogP contribution in [0.15, 0.2) is 22.7 Å². The summed E-state index contributed by atoms with van der Waals surface area (Å²) < 4.78 is 6.82. The number of nitrogens with zero attached hydrogens (tertiary/aromatic N) is 1. The van der Waals surface area contributed by atoms with E-state index in [2.05, 4.69) is 46.0 Å². The van der Waals surface area contributed by atoms with E-state index >= 15 is 0 Å². The van der Waals surface area contributed by atoms with Crippen LogP contribution in [-0.2, 0) is 4.74 Å². The van der Waals surface area contributed by atoms with Gasteiger partial charge in [0, 0.05) is 23.6 Å². The van der Waals surface area contributed by atoms with Crippen molar-refractivity contribution in [2.75, 3.05) is 24.6 Å². The van der Waals surface area contributed by atoms with Gasteiger partial charge in [-0.05, 0) is 47.0 Å². The minimum absolute atomic E-state index is 0.0726. The van der Waals surface area contributed by atoms with Crippen LogP contribution in [0.3, 0.4) is 0 Å². The molecule has 100 valence electrons. The summed E-state index contributed by atoms with van der Waals surface area (Å²) in [5.74, 6) is 0. The molecule has 1 aromatic rings. The third kappa shape index (κ3) is 3.05. The molecule has 1 fully saturated rings. The van der Waals surface area contributed by atoms with Crippen LogP contribution in [0.5, 0.6) is 0 Å². The van der Waals surface area contributed by atoms with Crippen molar-refractivity contribution >= 4 is 21.6 Å². The quantitative estimate of drug-likeness (QED) is 0.932. The summed E-state index contributed by atoms with van der Waals surface area (Å²) in [6, 6.07) is 6.46. The van der Waals surface area contributed by atoms with E-state index in [9.17, 15) is 0 Å². The Kier molecular flexibility index (Phi) is 4.65. The molecule has 1 aliphatic rings. The fraction of sp³-hybridized carbons (Fsp3) is 0.571. The third-order valence-electron chi connectivity index (χ3n) is 3.43. The molecule has 1 heterocycles. The molecular formula is C14H21BrN2O. The van der Waals surface area contributed by atoms with Gasteiger partial charge in [-0.25, -0.2) is 0 Å². The molecule has 1 aliphatic heterocycles. The highest BCUT2D eigenvalue weighted by atomic mass is 79.9. The smallest absolute Gasteiger partial charge is 0.0748 e. The second-order valence-electron chi connectivity index (χ2n) is 4.85. The fourth-order valence-electron chi connectivity index (χ4n) is 2.25. The molecule has 0 spiro atoms. The number of hydrogen-bond acceptors (Lipinski definition) is 3. The van der Waals surface area contributed by atoms with Crippen LogP contribution in [-0.4, -0.2) is 25.8 Å². The lowest BCUT2D eigenvalue weighted by Crippen LogP contribution is -2.42. The van der Waals surface area contributed by atoms with Gasteiger partial charge < -0.3 is 15.4 Å². The minimum atomic E-state index is 0.0726. The summed E-state index contributed by atoms with van der Waals surface area (Å²) >= 11 is 3.65. The molecular weight excluding hydrogens is 292 g/mol. The lowest BCUT2D eigenvalue weighted by molar-refractivity contribution is 0.0384. The Morgan fingerprint density at radius 3 is 2.94 bits per heavy atom. The van der Waals surface area contributed by atoms with Gasteiger partial charge in [0.2, 0.25) is 0 Å². The molecule has 2 unspecified atom stereocenters. The van der Waals surface area contributed by atoms with Crippen molar-refractivity contribution in [3.63, 3.8) is 0 Å². The SMILES string of the molecule is CCC1CN(c2ccc(C(C)N)cc2Br)CCO1. The first-order valence-corrected chi connectivity index (χ1v) is 7.32. The van der Waals surface area contributed by atoms with Crippen LogP contribution in [0.4, 0.5) is 5.69 Å². The Morgan fingerprint density at radius 1 is 1.56 bits per heavy atom. The largest absolute Gasteiger partial charge is 0.375 e. The van der Waals surface area contributed by atoms with Crippen molar-refractivity contribution in [1.82, 2.24) is 0 Å². The molecule has 0 saturated carbocycles. The number of hydrogen-bond donors (Lipinski definition) is 1. The first kappa shape index (κ1) is 13.8. The van der Waals surface area contributed by atoms with Crippen molar-refractivity contribution < 1.29 is 4.74 Å². The number of benzene rings is 1. The van der Waals surface area contributed by atoms with E-state index in [4.69, 9.17) is 10.5 Å². The number of morpholine rings is 1. The highest BCUT2D eigenvalue weighted by Gasteiger charge is 2.20. The van der Waals surface area contributed by atoms with Gasteiger partial charge in [-0.2, -0.15) is 0 Å². The van der Waals surface area contributed by atoms with Crippen LogP contribution in [0.1, 0.15) is 31.9 Å². The zero-order valence-electron chi connectivity index (χ0n) is 11.0. The Hall–Kier alpha value is -0.580. The van der Waals surface area contributed by atoms with E-state index in [1.54, 1.807) is 0 Å². The van der Waals surface area contributed by atoms with Crippen molar-refractivity contribution in [1.29, 1.82) is 0 Å². The molecule has 2 N–H and O–H groups in total. The van der Waals surface area contributed by atoms with Crippen LogP contribution in [0.25, 0.3) is 0 Å². The molecule has 0 aliphatic carbocycles. The summed E-state index contributed by atoms with van der Waals surface area (Å²) in [6.45, 7) is 6.89. The number of ether oxygens (including phenoxy) is 1. The summed E-state index contributed by atoms with van der Waals surface area (Å²) in [7, 11) is 0. The van der Waals surface area contributed by atoms with Gasteiger partial charge in [0.1, 0.15) is 0 Å². The maximum atomic E-state index is 5.90. The number of nitrogens with two attached hydrogens (primary N) is 1. The standard InChI is InChI=1S/C14H21BrN2O/c1-3-12-9-17(6-7-18-12)14-5-4-11(10(2)16)8-13(14)15/h4-5,8,10,12H,3,6-7,9,16H2,1-2H3. The zero-order chi connectivity index (χ0) is 13.1. The number of rotatable bonds is 3. The molecule has 0 radical (unpaired) electrons. The number of anilines is 1. The van der Waals surface area contributed by atoms with E-state index in [0.717, 1.165) is 36.2 Å². The summed E-state index contributed by atoms with van der Waals surface area (Å²) in [5, 5.41) is 0. The number of halogens is 1. The molecule has 3 nitrogen and oxygen atoms in total. The minimum Gasteiger partial charge on any atom is -0.375 e. The normalized spacial score (nSPS) is 22.0. The Balaban J connectivity index is 2.17. The van der Waals surface area contributed by atoms with Gasteiger partial charge >= 0.3 is 0 Å². The van der Waals surface area contributed by atoms with Gasteiger partial charge in [-0.15, -0.1) is 0 Å². The van der Waals surface area contributed by atoms with Crippen molar-refractivity contribution in [2.24, 2.45) is 5.73 Å². The molecule has 0 amide bonds. The molecule has 1 saturated heterocycles. The van der Waals surface area contributed by atoms with Crippen LogP contribution in [0.2, 0.25) is 0 Å². The molecule has 18 heavy (non-hydrogen) atoms. The molecule has 2 atom stereocenters. The van der Waals surface area contributed by atoms with E-state index in [1.807, 2.05) is 6.92 Å². The molecule has 0 bridgehead atoms. The van der Waals surface area contributed by atoms with Crippen LogP contribution < -0.4 is 10.6 Å². The fourth-order valence-corrected chi connectivity index (χ4v) is 2.90. The Morgan fingerprint density at radius 2 is 2.33 bits per heavy atom. The van der Waals surface area contributed by atoms with E-state index in [-0.39, 0.29) is 6.04 Å². The van der Waals surface area contributed by atoms with Gasteiger partial charge in [0.15, 0.2) is 0 Å². The maximum absolute atomic E-state index is 5.90. The highest BCUT2D eigenvalue weighted by Crippen LogP contribution is 2.30. The monoisotopic (exact) mass is 312 g/mol. The Bertz CT molecular complexity index is 409. The molecule has 2 rings (SSSR count). The van der Waals surface area contributed by atoms with E-state index in [1.165, 1.54) is 5.69 Å². The molecule has 4 heteroatoms. The molecule has 1 aromatic carbocycles. The Labute approximate surface area is 117 Å². The van der Waals surface area contributed by atoms with Gasteiger partial charge in [-0.3, -0.25) is 0 Å². The summed E-state index contributed by atoms with van der Waals surface area (Å²) in [6.07, 6.45) is 1.41. The van der Waals surface area contributed by atoms with Gasteiger partial charge in [0.05, 0.1) is 18.4 Å². The maximum Gasteiger partial charge on any atom is 0.0748 e. The average Bonchev–Trinajstić information content (AvgIpc) is 2.38. The van der Waals surface area contributed by atoms with Crippen molar-refractivity contribution in [3.05, 3.63) is 28.2 Å². The summed E-state index contributed by atoms with van der Waals surface area (Å²) in [5.41, 5.74) is 8.30. The van der Waals surface area contributed by atoms with Gasteiger partial charge in [0.25, 0.3) is 0 Å². The highest BCUT2D eigenvalue weighted by molar-refractivity contribution is 9.10. The first-order valence-electron chi connectivity index (χ1n) is 6.53. The van der Waals surface area contributed by atoms with E-state index in [0.29, 0.717) is 6.10 Å². The predicted molar refractivity (Wildman–Crippen MR) is 79.0 cm³/mol. The van der Waals surface area contributed by atoms with Crippen LogP contribution in [0, 0.1) is 0 Å². The lowest BCUT2D eigenvalue weighted by atomic mass is 10.1. The van der Waals surface area contributed by atoms with Crippen molar-refractivity contribution in [2.45, 2.75) is 32.4 Å². The summed E-state index contributed by atoms with van der Waals surface area (Å²) in [4.78, 5) is 2.38. The topological polar surface area (TPSA) is 38.5 Å². The second-order valence-corrected chi connectivity index (χ2v) is 5.70. The first-order chi connectivity index (χ1) is 8.61. The second kappa shape index (κ2) is 6.04. The predicted octanol–water partition coefficient (Wildman–Crippen LogP) is 3.08. The zero-order valence-corrected chi connectivity index (χ0v) is 12.6. The van der Waals surface area contributed by atoms with Crippen LogP contribution >= 0.6 is 15.9 Å². The third-order valence-corrected chi connectivity index (χ3v) is 4.07. The average molecular weight is 313 g/mol. The van der Waals surface area contributed by atoms with Gasteiger partial charge in [-0.1, -0.05) is 13.0 Å². The lowest BCUT2D eigenvalue weighted by Gasteiger charge is -2.34.